The van der Waals surface area contributed by atoms with Crippen molar-refractivity contribution < 1.29 is 14.3 Å². The van der Waals surface area contributed by atoms with Crippen LogP contribution in [0.4, 0.5) is 5.69 Å². The fourth-order valence-electron chi connectivity index (χ4n) is 3.21. The molecule has 1 atom stereocenters. The van der Waals surface area contributed by atoms with Crippen molar-refractivity contribution in [2.45, 2.75) is 30.8 Å². The van der Waals surface area contributed by atoms with Gasteiger partial charge in [0.1, 0.15) is 5.75 Å². The molecular weight excluding hydrogens is 294 g/mol. The van der Waals surface area contributed by atoms with Crippen LogP contribution >= 0.6 is 0 Å². The molecule has 0 aromatic heterocycles. The lowest BCUT2D eigenvalue weighted by Crippen LogP contribution is -2.59. The van der Waals surface area contributed by atoms with Crippen LogP contribution in [0.25, 0.3) is 0 Å². The Labute approximate surface area is 136 Å². The molecule has 0 spiro atoms. The van der Waals surface area contributed by atoms with Crippen LogP contribution in [0.3, 0.4) is 0 Å². The average molecular weight is 319 g/mol. The van der Waals surface area contributed by atoms with Crippen LogP contribution in [0.15, 0.2) is 24.3 Å². The van der Waals surface area contributed by atoms with Gasteiger partial charge in [0, 0.05) is 44.1 Å². The average Bonchev–Trinajstić information content (AvgIpc) is 3.04. The van der Waals surface area contributed by atoms with Crippen LogP contribution in [0.2, 0.25) is 0 Å². The number of nitrogens with zero attached hydrogens (tertiary/aromatic N) is 1. The Morgan fingerprint density at radius 1 is 1.43 bits per heavy atom. The van der Waals surface area contributed by atoms with Gasteiger partial charge in [-0.05, 0) is 31.4 Å². The highest BCUT2D eigenvalue weighted by molar-refractivity contribution is 5.86. The molecule has 0 saturated carbocycles. The van der Waals surface area contributed by atoms with E-state index >= 15 is 0 Å². The first-order valence-corrected chi connectivity index (χ1v) is 8.17. The second kappa shape index (κ2) is 6.76. The standard InChI is InChI=1S/C17H25N3O3/c1-22-15-4-2-3-14(11-15)20-8-5-13(12-20)19-16(21)17(18)6-9-23-10-7-17/h2-4,11,13H,5-10,12,18H2,1H3,(H,19,21). The smallest absolute Gasteiger partial charge is 0.240 e. The van der Waals surface area contributed by atoms with Gasteiger partial charge in [0.25, 0.3) is 0 Å². The first kappa shape index (κ1) is 16.1. The van der Waals surface area contributed by atoms with E-state index in [1.807, 2.05) is 18.2 Å². The molecule has 2 aliphatic rings. The number of hydrogen-bond acceptors (Lipinski definition) is 5. The summed E-state index contributed by atoms with van der Waals surface area (Å²) in [7, 11) is 1.67. The molecule has 1 aromatic rings. The second-order valence-corrected chi connectivity index (χ2v) is 6.38. The molecule has 2 saturated heterocycles. The van der Waals surface area contributed by atoms with Crippen molar-refractivity contribution >= 4 is 11.6 Å². The summed E-state index contributed by atoms with van der Waals surface area (Å²) >= 11 is 0. The number of nitrogens with one attached hydrogen (secondary N) is 1. The van der Waals surface area contributed by atoms with Gasteiger partial charge >= 0.3 is 0 Å². The number of benzene rings is 1. The molecule has 0 radical (unpaired) electrons. The third-order valence-electron chi connectivity index (χ3n) is 4.78. The Kier molecular flexibility index (Phi) is 4.73. The Hall–Kier alpha value is -1.79. The quantitative estimate of drug-likeness (QED) is 0.862. The molecule has 3 N–H and O–H groups in total. The summed E-state index contributed by atoms with van der Waals surface area (Å²) in [6.07, 6.45) is 2.10. The number of nitrogens with two attached hydrogens (primary N) is 1. The highest BCUT2D eigenvalue weighted by atomic mass is 16.5. The predicted molar refractivity (Wildman–Crippen MR) is 88.7 cm³/mol. The number of ether oxygens (including phenoxy) is 2. The first-order valence-electron chi connectivity index (χ1n) is 8.17. The molecule has 2 heterocycles. The van der Waals surface area contributed by atoms with E-state index in [1.54, 1.807) is 7.11 Å². The van der Waals surface area contributed by atoms with Crippen molar-refractivity contribution in [1.82, 2.24) is 5.32 Å². The Bertz CT molecular complexity index is 558. The van der Waals surface area contributed by atoms with Gasteiger partial charge in [-0.25, -0.2) is 0 Å². The molecule has 0 aliphatic carbocycles. The van der Waals surface area contributed by atoms with Crippen molar-refractivity contribution in [3.63, 3.8) is 0 Å². The molecule has 23 heavy (non-hydrogen) atoms. The van der Waals surface area contributed by atoms with Gasteiger partial charge in [-0.15, -0.1) is 0 Å². The van der Waals surface area contributed by atoms with E-state index in [1.165, 1.54) is 0 Å². The predicted octanol–water partition coefficient (Wildman–Crippen LogP) is 0.898. The zero-order valence-corrected chi connectivity index (χ0v) is 13.6. The lowest BCUT2D eigenvalue weighted by atomic mass is 9.90. The lowest BCUT2D eigenvalue weighted by molar-refractivity contribution is -0.130. The number of rotatable bonds is 4. The van der Waals surface area contributed by atoms with Gasteiger partial charge < -0.3 is 25.4 Å². The summed E-state index contributed by atoms with van der Waals surface area (Å²) in [6.45, 7) is 2.83. The van der Waals surface area contributed by atoms with Crippen LogP contribution in [0.1, 0.15) is 19.3 Å². The summed E-state index contributed by atoms with van der Waals surface area (Å²) in [5.74, 6) is 0.802. The maximum atomic E-state index is 12.5. The van der Waals surface area contributed by atoms with E-state index in [0.717, 1.165) is 30.9 Å². The van der Waals surface area contributed by atoms with Crippen LogP contribution in [0.5, 0.6) is 5.75 Å². The number of methoxy groups -OCH3 is 1. The number of anilines is 1. The third kappa shape index (κ3) is 3.59. The van der Waals surface area contributed by atoms with Crippen molar-refractivity contribution in [3.05, 3.63) is 24.3 Å². The zero-order valence-electron chi connectivity index (χ0n) is 13.6. The van der Waals surface area contributed by atoms with E-state index in [4.69, 9.17) is 15.2 Å². The van der Waals surface area contributed by atoms with Crippen molar-refractivity contribution in [1.29, 1.82) is 0 Å². The third-order valence-corrected chi connectivity index (χ3v) is 4.78. The van der Waals surface area contributed by atoms with Crippen molar-refractivity contribution in [2.24, 2.45) is 5.73 Å². The molecule has 6 nitrogen and oxygen atoms in total. The highest BCUT2D eigenvalue weighted by Gasteiger charge is 2.37. The van der Waals surface area contributed by atoms with Crippen molar-refractivity contribution in [3.8, 4) is 5.75 Å². The maximum Gasteiger partial charge on any atom is 0.240 e. The molecule has 1 unspecified atom stereocenters. The zero-order chi connectivity index (χ0) is 16.3. The number of carbonyl (C=O) groups excluding carboxylic acids is 1. The molecule has 126 valence electrons. The number of carbonyl (C=O) groups is 1. The molecule has 3 rings (SSSR count). The van der Waals surface area contributed by atoms with Gasteiger partial charge in [-0.1, -0.05) is 6.07 Å². The van der Waals surface area contributed by atoms with E-state index in [-0.39, 0.29) is 11.9 Å². The molecular formula is C17H25N3O3. The highest BCUT2D eigenvalue weighted by Crippen LogP contribution is 2.25. The van der Waals surface area contributed by atoms with E-state index in [0.29, 0.717) is 26.1 Å². The molecule has 2 aliphatic heterocycles. The van der Waals surface area contributed by atoms with Gasteiger partial charge in [0.2, 0.25) is 5.91 Å². The molecule has 6 heteroatoms. The Balaban J connectivity index is 1.58. The molecule has 1 aromatic carbocycles. The Morgan fingerprint density at radius 2 is 2.22 bits per heavy atom. The van der Waals surface area contributed by atoms with E-state index < -0.39 is 5.54 Å². The van der Waals surface area contributed by atoms with E-state index in [2.05, 4.69) is 16.3 Å². The summed E-state index contributed by atoms with van der Waals surface area (Å²) in [6, 6.07) is 8.14. The number of hydrogen-bond donors (Lipinski definition) is 2. The summed E-state index contributed by atoms with van der Waals surface area (Å²) < 4.78 is 10.6. The molecule has 1 amide bonds. The van der Waals surface area contributed by atoms with E-state index in [9.17, 15) is 4.79 Å². The van der Waals surface area contributed by atoms with Crippen molar-refractivity contribution in [2.75, 3.05) is 38.3 Å². The second-order valence-electron chi connectivity index (χ2n) is 6.38. The summed E-state index contributed by atoms with van der Waals surface area (Å²) in [5, 5.41) is 3.13. The SMILES string of the molecule is COc1cccc(N2CCC(NC(=O)C3(N)CCOCC3)C2)c1. The van der Waals surface area contributed by atoms with Gasteiger partial charge in [0.05, 0.1) is 12.6 Å². The molecule has 2 fully saturated rings. The first-order chi connectivity index (χ1) is 11.1. The van der Waals surface area contributed by atoms with Crippen LogP contribution in [0, 0.1) is 0 Å². The van der Waals surface area contributed by atoms with Crippen LogP contribution in [-0.2, 0) is 9.53 Å². The summed E-state index contributed by atoms with van der Waals surface area (Å²) in [4.78, 5) is 14.8. The fourth-order valence-corrected chi connectivity index (χ4v) is 3.21. The van der Waals surface area contributed by atoms with Crippen LogP contribution in [-0.4, -0.2) is 50.9 Å². The minimum Gasteiger partial charge on any atom is -0.497 e. The maximum absolute atomic E-state index is 12.5. The monoisotopic (exact) mass is 319 g/mol. The van der Waals surface area contributed by atoms with Crippen LogP contribution < -0.4 is 20.7 Å². The summed E-state index contributed by atoms with van der Waals surface area (Å²) in [5.41, 5.74) is 6.59. The largest absolute Gasteiger partial charge is 0.497 e. The minimum atomic E-state index is -0.776. The topological polar surface area (TPSA) is 76.8 Å². The molecule has 0 bridgehead atoms. The van der Waals surface area contributed by atoms with Gasteiger partial charge in [0.15, 0.2) is 0 Å². The Morgan fingerprint density at radius 3 is 2.96 bits per heavy atom. The normalized spacial score (nSPS) is 23.6. The minimum absolute atomic E-state index is 0.0432. The lowest BCUT2D eigenvalue weighted by Gasteiger charge is -2.33. The fraction of sp³-hybridized carbons (Fsp3) is 0.588. The number of amides is 1. The van der Waals surface area contributed by atoms with Gasteiger partial charge in [-0.2, -0.15) is 0 Å². The van der Waals surface area contributed by atoms with Gasteiger partial charge in [-0.3, -0.25) is 4.79 Å².